The van der Waals surface area contributed by atoms with Crippen molar-refractivity contribution in [3.63, 3.8) is 0 Å². The molecule has 2 atom stereocenters. The Morgan fingerprint density at radius 2 is 2.06 bits per heavy atom. The Hall–Kier alpha value is -0.630. The standard InChI is InChI=1S/C12H20N2O2/c1-10-8-14-5-2-12(10,15)11(9-13)3-6-16-7-4-11/h10,14-15H,2-8H2,1H3. The van der Waals surface area contributed by atoms with Gasteiger partial charge in [0.2, 0.25) is 0 Å². The van der Waals surface area contributed by atoms with Crippen molar-refractivity contribution in [1.82, 2.24) is 5.32 Å². The molecule has 0 aromatic rings. The predicted molar refractivity (Wildman–Crippen MR) is 59.7 cm³/mol. The van der Waals surface area contributed by atoms with Crippen LogP contribution in [0.5, 0.6) is 0 Å². The summed E-state index contributed by atoms with van der Waals surface area (Å²) in [5.41, 5.74) is -1.45. The van der Waals surface area contributed by atoms with Crippen molar-refractivity contribution in [1.29, 1.82) is 5.26 Å². The normalized spacial score (nSPS) is 38.9. The topological polar surface area (TPSA) is 65.3 Å². The number of hydrogen-bond acceptors (Lipinski definition) is 4. The van der Waals surface area contributed by atoms with E-state index in [0.29, 0.717) is 32.5 Å². The molecule has 2 unspecified atom stereocenters. The lowest BCUT2D eigenvalue weighted by molar-refractivity contribution is -0.145. The van der Waals surface area contributed by atoms with Crippen LogP contribution in [0.25, 0.3) is 0 Å². The van der Waals surface area contributed by atoms with Gasteiger partial charge < -0.3 is 15.2 Å². The molecule has 2 heterocycles. The highest BCUT2D eigenvalue weighted by molar-refractivity contribution is 5.15. The van der Waals surface area contributed by atoms with E-state index in [9.17, 15) is 10.4 Å². The summed E-state index contributed by atoms with van der Waals surface area (Å²) < 4.78 is 5.32. The van der Waals surface area contributed by atoms with Crippen molar-refractivity contribution in [2.75, 3.05) is 26.3 Å². The zero-order valence-electron chi connectivity index (χ0n) is 9.83. The van der Waals surface area contributed by atoms with Crippen LogP contribution in [0.1, 0.15) is 26.2 Å². The Bertz CT molecular complexity index is 294. The summed E-state index contributed by atoms with van der Waals surface area (Å²) in [6.45, 7) is 4.80. The molecule has 2 aliphatic rings. The van der Waals surface area contributed by atoms with Crippen LogP contribution >= 0.6 is 0 Å². The van der Waals surface area contributed by atoms with E-state index in [2.05, 4.69) is 11.4 Å². The molecule has 2 aliphatic heterocycles. The molecule has 0 saturated carbocycles. The quantitative estimate of drug-likeness (QED) is 0.687. The van der Waals surface area contributed by atoms with Crippen molar-refractivity contribution in [3.8, 4) is 6.07 Å². The van der Waals surface area contributed by atoms with E-state index in [4.69, 9.17) is 4.74 Å². The molecule has 0 radical (unpaired) electrons. The number of nitrogens with zero attached hydrogens (tertiary/aromatic N) is 1. The minimum absolute atomic E-state index is 0.124. The van der Waals surface area contributed by atoms with Crippen LogP contribution in [0.4, 0.5) is 0 Å². The number of piperidine rings is 1. The molecule has 2 saturated heterocycles. The van der Waals surface area contributed by atoms with Crippen LogP contribution in [-0.2, 0) is 4.74 Å². The highest BCUT2D eigenvalue weighted by atomic mass is 16.5. The van der Waals surface area contributed by atoms with Gasteiger partial charge in [0, 0.05) is 19.8 Å². The van der Waals surface area contributed by atoms with Crippen LogP contribution < -0.4 is 5.32 Å². The molecule has 4 nitrogen and oxygen atoms in total. The van der Waals surface area contributed by atoms with Gasteiger partial charge in [-0.1, -0.05) is 6.92 Å². The Morgan fingerprint density at radius 1 is 1.38 bits per heavy atom. The molecule has 2 N–H and O–H groups in total. The van der Waals surface area contributed by atoms with Gasteiger partial charge in [0.05, 0.1) is 17.1 Å². The summed E-state index contributed by atoms with van der Waals surface area (Å²) in [6, 6.07) is 2.40. The van der Waals surface area contributed by atoms with Gasteiger partial charge in [0.1, 0.15) is 0 Å². The summed E-state index contributed by atoms with van der Waals surface area (Å²) in [7, 11) is 0. The van der Waals surface area contributed by atoms with E-state index in [-0.39, 0.29) is 5.92 Å². The second-order valence-corrected chi connectivity index (χ2v) is 5.09. The van der Waals surface area contributed by atoms with Crippen molar-refractivity contribution in [3.05, 3.63) is 0 Å². The number of aliphatic hydroxyl groups is 1. The average Bonchev–Trinajstić information content (AvgIpc) is 2.34. The van der Waals surface area contributed by atoms with E-state index in [0.717, 1.165) is 13.1 Å². The van der Waals surface area contributed by atoms with Crippen LogP contribution in [0.3, 0.4) is 0 Å². The third kappa shape index (κ3) is 1.64. The van der Waals surface area contributed by atoms with Crippen LogP contribution in [-0.4, -0.2) is 37.0 Å². The van der Waals surface area contributed by atoms with Gasteiger partial charge in [-0.25, -0.2) is 0 Å². The van der Waals surface area contributed by atoms with E-state index < -0.39 is 11.0 Å². The third-order valence-electron chi connectivity index (χ3n) is 4.34. The lowest BCUT2D eigenvalue weighted by atomic mass is 9.60. The molecule has 0 aromatic heterocycles. The highest BCUT2D eigenvalue weighted by Crippen LogP contribution is 2.47. The number of hydrogen-bond donors (Lipinski definition) is 2. The summed E-state index contributed by atoms with van der Waals surface area (Å²) >= 11 is 0. The molecule has 2 fully saturated rings. The molecular formula is C12H20N2O2. The van der Waals surface area contributed by atoms with Gasteiger partial charge in [-0.3, -0.25) is 0 Å². The van der Waals surface area contributed by atoms with Crippen molar-refractivity contribution < 1.29 is 9.84 Å². The van der Waals surface area contributed by atoms with Crippen LogP contribution in [0.15, 0.2) is 0 Å². The Morgan fingerprint density at radius 3 is 2.62 bits per heavy atom. The summed E-state index contributed by atoms with van der Waals surface area (Å²) in [6.07, 6.45) is 1.98. The van der Waals surface area contributed by atoms with Gasteiger partial charge in [0.25, 0.3) is 0 Å². The summed E-state index contributed by atoms with van der Waals surface area (Å²) in [5, 5.41) is 23.7. The maximum absolute atomic E-state index is 10.9. The molecule has 0 bridgehead atoms. The van der Waals surface area contributed by atoms with Crippen LogP contribution in [0, 0.1) is 22.7 Å². The summed E-state index contributed by atoms with van der Waals surface area (Å²) in [5.74, 6) is 0.124. The predicted octanol–water partition coefficient (Wildman–Crippen LogP) is 0.667. The highest BCUT2D eigenvalue weighted by Gasteiger charge is 2.55. The first-order valence-electron chi connectivity index (χ1n) is 6.07. The van der Waals surface area contributed by atoms with Crippen molar-refractivity contribution in [2.24, 2.45) is 11.3 Å². The molecule has 2 rings (SSSR count). The van der Waals surface area contributed by atoms with Gasteiger partial charge in [-0.05, 0) is 31.7 Å². The number of nitriles is 1. The van der Waals surface area contributed by atoms with Gasteiger partial charge in [-0.15, -0.1) is 0 Å². The fourth-order valence-corrected chi connectivity index (χ4v) is 3.09. The van der Waals surface area contributed by atoms with Crippen LogP contribution in [0.2, 0.25) is 0 Å². The molecule has 90 valence electrons. The fourth-order valence-electron chi connectivity index (χ4n) is 3.09. The maximum atomic E-state index is 10.9. The van der Waals surface area contributed by atoms with Crippen molar-refractivity contribution in [2.45, 2.75) is 31.8 Å². The lowest BCUT2D eigenvalue weighted by Crippen LogP contribution is -2.60. The Balaban J connectivity index is 2.27. The van der Waals surface area contributed by atoms with E-state index in [1.807, 2.05) is 6.92 Å². The molecule has 4 heteroatoms. The third-order valence-corrected chi connectivity index (χ3v) is 4.34. The number of nitrogens with one attached hydrogen (secondary N) is 1. The molecule has 0 aromatic carbocycles. The number of ether oxygens (including phenoxy) is 1. The summed E-state index contributed by atoms with van der Waals surface area (Å²) in [4.78, 5) is 0. The Kier molecular flexibility index (Phi) is 3.20. The second kappa shape index (κ2) is 4.33. The van der Waals surface area contributed by atoms with E-state index in [1.165, 1.54) is 0 Å². The van der Waals surface area contributed by atoms with Gasteiger partial charge in [0.15, 0.2) is 0 Å². The maximum Gasteiger partial charge on any atom is 0.0907 e. The molecule has 0 spiro atoms. The monoisotopic (exact) mass is 224 g/mol. The van der Waals surface area contributed by atoms with Gasteiger partial charge in [-0.2, -0.15) is 5.26 Å². The minimum Gasteiger partial charge on any atom is -0.388 e. The van der Waals surface area contributed by atoms with Crippen molar-refractivity contribution >= 4 is 0 Å². The number of rotatable bonds is 1. The Labute approximate surface area is 96.6 Å². The van der Waals surface area contributed by atoms with E-state index in [1.54, 1.807) is 0 Å². The average molecular weight is 224 g/mol. The first kappa shape index (κ1) is 11.8. The zero-order valence-corrected chi connectivity index (χ0v) is 9.83. The smallest absolute Gasteiger partial charge is 0.0907 e. The molecular weight excluding hydrogens is 204 g/mol. The lowest BCUT2D eigenvalue weighted by Gasteiger charge is -2.50. The molecule has 0 amide bonds. The van der Waals surface area contributed by atoms with Gasteiger partial charge >= 0.3 is 0 Å². The first-order valence-corrected chi connectivity index (χ1v) is 6.07. The fraction of sp³-hybridized carbons (Fsp3) is 0.917. The van der Waals surface area contributed by atoms with E-state index >= 15 is 0 Å². The molecule has 0 aliphatic carbocycles. The molecule has 16 heavy (non-hydrogen) atoms. The first-order chi connectivity index (χ1) is 7.65. The second-order valence-electron chi connectivity index (χ2n) is 5.09. The SMILES string of the molecule is CC1CNCCC1(O)C1(C#N)CCOCC1. The largest absolute Gasteiger partial charge is 0.388 e. The zero-order chi connectivity index (χ0) is 11.6. The minimum atomic E-state index is -0.850.